The van der Waals surface area contributed by atoms with Crippen LogP contribution in [0, 0.1) is 0 Å². The van der Waals surface area contributed by atoms with Gasteiger partial charge in [-0.15, -0.1) is 0 Å². The Labute approximate surface area is 113 Å². The highest BCUT2D eigenvalue weighted by atomic mass is 16.5. The zero-order chi connectivity index (χ0) is 13.7. The molecule has 1 fully saturated rings. The third kappa shape index (κ3) is 3.05. The van der Waals surface area contributed by atoms with Crippen LogP contribution in [-0.2, 0) is 9.53 Å². The fourth-order valence-corrected chi connectivity index (χ4v) is 2.24. The molecule has 1 aliphatic rings. The smallest absolute Gasteiger partial charge is 0.256 e. The minimum Gasteiger partial charge on any atom is -0.495 e. The number of amides is 1. The normalized spacial score (nSPS) is 19.6. The first-order valence-corrected chi connectivity index (χ1v) is 6.54. The number of benzene rings is 1. The van der Waals surface area contributed by atoms with Crippen LogP contribution in [0.1, 0.15) is 12.8 Å². The van der Waals surface area contributed by atoms with Gasteiger partial charge in [0.05, 0.1) is 19.4 Å². The fourth-order valence-electron chi connectivity index (χ4n) is 2.24. The van der Waals surface area contributed by atoms with Crippen molar-refractivity contribution in [2.75, 3.05) is 31.7 Å². The lowest BCUT2D eigenvalue weighted by Crippen LogP contribution is -2.48. The number of nitrogens with zero attached hydrogens (tertiary/aromatic N) is 1. The van der Waals surface area contributed by atoms with Crippen molar-refractivity contribution in [3.63, 3.8) is 0 Å². The summed E-state index contributed by atoms with van der Waals surface area (Å²) in [6.07, 6.45) is 1.07. The number of ether oxygens (including phenoxy) is 2. The molecule has 5 heteroatoms. The summed E-state index contributed by atoms with van der Waals surface area (Å²) in [5.41, 5.74) is 6.28. The molecule has 1 saturated heterocycles. The molecule has 1 aliphatic heterocycles. The molecule has 0 aliphatic carbocycles. The number of nitrogens with two attached hydrogens (primary N) is 1. The minimum absolute atomic E-state index is 0.01000. The summed E-state index contributed by atoms with van der Waals surface area (Å²) in [4.78, 5) is 14.1. The number of anilines is 1. The van der Waals surface area contributed by atoms with Crippen LogP contribution in [0.2, 0.25) is 0 Å². The van der Waals surface area contributed by atoms with Crippen molar-refractivity contribution in [3.8, 4) is 5.75 Å². The molecule has 0 aromatic heterocycles. The van der Waals surface area contributed by atoms with Gasteiger partial charge in [-0.1, -0.05) is 12.1 Å². The standard InChI is InChI=1S/C14H20N2O3/c1-18-12-6-3-2-5-11(12)16-9-10-19-13(14(16)17)7-4-8-15/h2-3,5-6,13H,4,7-10,15H2,1H3. The SMILES string of the molecule is COc1ccccc1N1CCOC(CCCN)C1=O. The van der Waals surface area contributed by atoms with Crippen molar-refractivity contribution in [2.45, 2.75) is 18.9 Å². The van der Waals surface area contributed by atoms with E-state index in [0.717, 1.165) is 12.1 Å². The van der Waals surface area contributed by atoms with Crippen LogP contribution in [0.5, 0.6) is 5.75 Å². The Morgan fingerprint density at radius 3 is 3.00 bits per heavy atom. The fraction of sp³-hybridized carbons (Fsp3) is 0.500. The van der Waals surface area contributed by atoms with Gasteiger partial charge < -0.3 is 20.1 Å². The lowest BCUT2D eigenvalue weighted by Gasteiger charge is -2.33. The second kappa shape index (κ2) is 6.54. The third-order valence-corrected chi connectivity index (χ3v) is 3.22. The van der Waals surface area contributed by atoms with E-state index < -0.39 is 0 Å². The molecule has 2 rings (SSSR count). The van der Waals surface area contributed by atoms with Gasteiger partial charge in [-0.25, -0.2) is 0 Å². The topological polar surface area (TPSA) is 64.8 Å². The zero-order valence-corrected chi connectivity index (χ0v) is 11.2. The van der Waals surface area contributed by atoms with E-state index in [2.05, 4.69) is 0 Å². The molecule has 1 unspecified atom stereocenters. The predicted molar refractivity (Wildman–Crippen MR) is 73.4 cm³/mol. The minimum atomic E-state index is -0.387. The van der Waals surface area contributed by atoms with E-state index in [1.54, 1.807) is 12.0 Å². The van der Waals surface area contributed by atoms with Crippen LogP contribution >= 0.6 is 0 Å². The van der Waals surface area contributed by atoms with Crippen LogP contribution in [-0.4, -0.2) is 38.8 Å². The molecule has 0 spiro atoms. The van der Waals surface area contributed by atoms with Crippen LogP contribution in [0.15, 0.2) is 24.3 Å². The van der Waals surface area contributed by atoms with Crippen molar-refractivity contribution in [2.24, 2.45) is 5.73 Å². The molecule has 1 heterocycles. The molecular formula is C14H20N2O3. The highest BCUT2D eigenvalue weighted by Gasteiger charge is 2.31. The molecule has 1 aromatic rings. The number of methoxy groups -OCH3 is 1. The Morgan fingerprint density at radius 1 is 1.47 bits per heavy atom. The van der Waals surface area contributed by atoms with Crippen molar-refractivity contribution in [1.82, 2.24) is 0 Å². The Balaban J connectivity index is 2.17. The van der Waals surface area contributed by atoms with Crippen molar-refractivity contribution in [1.29, 1.82) is 0 Å². The first kappa shape index (κ1) is 13.8. The number of carbonyl (C=O) groups excluding carboxylic acids is 1. The van der Waals surface area contributed by atoms with E-state index in [9.17, 15) is 4.79 Å². The molecule has 0 saturated carbocycles. The molecule has 1 amide bonds. The van der Waals surface area contributed by atoms with E-state index in [1.807, 2.05) is 24.3 Å². The van der Waals surface area contributed by atoms with Crippen LogP contribution in [0.3, 0.4) is 0 Å². The second-order valence-electron chi connectivity index (χ2n) is 4.45. The molecule has 0 bridgehead atoms. The Morgan fingerprint density at radius 2 is 2.26 bits per heavy atom. The van der Waals surface area contributed by atoms with Gasteiger partial charge in [-0.05, 0) is 31.5 Å². The maximum Gasteiger partial charge on any atom is 0.256 e. The summed E-state index contributed by atoms with van der Waals surface area (Å²) in [5, 5.41) is 0. The summed E-state index contributed by atoms with van der Waals surface area (Å²) in [7, 11) is 1.61. The Hall–Kier alpha value is -1.59. The van der Waals surface area contributed by atoms with Gasteiger partial charge in [0.1, 0.15) is 11.9 Å². The molecular weight excluding hydrogens is 244 g/mol. The molecule has 2 N–H and O–H groups in total. The Bertz CT molecular complexity index is 436. The molecule has 1 aromatic carbocycles. The zero-order valence-electron chi connectivity index (χ0n) is 11.2. The van der Waals surface area contributed by atoms with Gasteiger partial charge in [-0.3, -0.25) is 4.79 Å². The molecule has 1 atom stereocenters. The Kier molecular flexibility index (Phi) is 4.76. The quantitative estimate of drug-likeness (QED) is 0.867. The van der Waals surface area contributed by atoms with Crippen LogP contribution < -0.4 is 15.4 Å². The predicted octanol–water partition coefficient (Wildman–Crippen LogP) is 1.17. The van der Waals surface area contributed by atoms with Crippen LogP contribution in [0.25, 0.3) is 0 Å². The summed E-state index contributed by atoms with van der Waals surface area (Å²) in [6, 6.07) is 7.53. The number of rotatable bonds is 5. The maximum atomic E-state index is 12.4. The van der Waals surface area contributed by atoms with E-state index >= 15 is 0 Å². The van der Waals surface area contributed by atoms with Gasteiger partial charge >= 0.3 is 0 Å². The number of morpholine rings is 1. The lowest BCUT2D eigenvalue weighted by atomic mass is 10.1. The van der Waals surface area contributed by atoms with Gasteiger partial charge in [0.25, 0.3) is 5.91 Å². The lowest BCUT2D eigenvalue weighted by molar-refractivity contribution is -0.134. The highest BCUT2D eigenvalue weighted by Crippen LogP contribution is 2.30. The molecule has 0 radical (unpaired) electrons. The monoisotopic (exact) mass is 264 g/mol. The largest absolute Gasteiger partial charge is 0.495 e. The third-order valence-electron chi connectivity index (χ3n) is 3.22. The van der Waals surface area contributed by atoms with Crippen molar-refractivity contribution < 1.29 is 14.3 Å². The van der Waals surface area contributed by atoms with E-state index in [0.29, 0.717) is 31.9 Å². The summed E-state index contributed by atoms with van der Waals surface area (Å²) in [6.45, 7) is 1.67. The first-order chi connectivity index (χ1) is 9.27. The molecule has 5 nitrogen and oxygen atoms in total. The first-order valence-electron chi connectivity index (χ1n) is 6.54. The average molecular weight is 264 g/mol. The van der Waals surface area contributed by atoms with Crippen molar-refractivity contribution in [3.05, 3.63) is 24.3 Å². The summed E-state index contributed by atoms with van der Waals surface area (Å²) >= 11 is 0. The number of hydrogen-bond donors (Lipinski definition) is 1. The average Bonchev–Trinajstić information content (AvgIpc) is 2.46. The van der Waals surface area contributed by atoms with Crippen molar-refractivity contribution >= 4 is 11.6 Å². The molecule has 104 valence electrons. The van der Waals surface area contributed by atoms with Gasteiger partial charge in [0.15, 0.2) is 0 Å². The van der Waals surface area contributed by atoms with Gasteiger partial charge in [0, 0.05) is 6.54 Å². The number of carbonyl (C=O) groups is 1. The van der Waals surface area contributed by atoms with E-state index in [4.69, 9.17) is 15.2 Å². The maximum absolute atomic E-state index is 12.4. The summed E-state index contributed by atoms with van der Waals surface area (Å²) in [5.74, 6) is 0.694. The highest BCUT2D eigenvalue weighted by molar-refractivity contribution is 5.98. The number of hydrogen-bond acceptors (Lipinski definition) is 4. The van der Waals surface area contributed by atoms with Crippen LogP contribution in [0.4, 0.5) is 5.69 Å². The van der Waals surface area contributed by atoms with E-state index in [1.165, 1.54) is 0 Å². The number of para-hydroxylation sites is 2. The van der Waals surface area contributed by atoms with Gasteiger partial charge in [0.2, 0.25) is 0 Å². The van der Waals surface area contributed by atoms with Gasteiger partial charge in [-0.2, -0.15) is 0 Å². The molecule has 19 heavy (non-hydrogen) atoms. The van der Waals surface area contributed by atoms with E-state index in [-0.39, 0.29) is 12.0 Å². The second-order valence-corrected chi connectivity index (χ2v) is 4.45. The summed E-state index contributed by atoms with van der Waals surface area (Å²) < 4.78 is 10.8.